The number of ether oxygens (including phenoxy) is 6. The molecule has 4 aliphatic heterocycles. The van der Waals surface area contributed by atoms with E-state index in [0.717, 1.165) is 27.7 Å². The molecule has 2 aromatic heterocycles. The highest BCUT2D eigenvalue weighted by atomic mass is 32.2. The fourth-order valence-electron chi connectivity index (χ4n) is 16.7. The molecular weight excluding hydrogens is 1580 g/mol. The SMILES string of the molecule is CCOc1cc2ccnc(O[C@@H]3C[C@H]4C(=O)C[C@]5(C(=O)NS(=O)(=O)C6(C)CC6)C[C@H]5/C=C\CC[C@@H](C)C[C@@H](C)[C@H](CC(=O)OC(C)(C)C(C)(F)F)C(=O)N4C3)c2cc1F.CCOc1cc2ccnc(O[C@@H]3C[C@H]4C(=O)C[C@]5(C(=O)NS(=O)(=O)C6(C)CC6)C[C@H]5/C=C\CC[C@H](C)C[C@@H](C)[C@H](CC(=O)OC(C)(C)C(C)(F)F)C(=O)N4C3)c2cc1F. The number of fused-ring (bicyclic) bond motifs is 6. The Balaban J connectivity index is 0.000000231. The number of Topliss-reactive ketones (excluding diaryl/α,β-unsaturated/α-hetero) is 2. The van der Waals surface area contributed by atoms with Crippen LogP contribution in [0.25, 0.3) is 21.5 Å². The zero-order chi connectivity index (χ0) is 86.6. The number of aromatic nitrogens is 2. The van der Waals surface area contributed by atoms with Crippen LogP contribution in [0.3, 0.4) is 0 Å². The van der Waals surface area contributed by atoms with Gasteiger partial charge in [-0.2, -0.15) is 0 Å². The highest BCUT2D eigenvalue weighted by Crippen LogP contribution is 2.60. The molecule has 648 valence electrons. The van der Waals surface area contributed by atoms with Crippen LogP contribution in [0.1, 0.15) is 213 Å². The summed E-state index contributed by atoms with van der Waals surface area (Å²) in [5, 5.41) is 1.78. The lowest BCUT2D eigenvalue weighted by atomic mass is 9.82. The number of esters is 2. The minimum Gasteiger partial charge on any atom is -0.491 e. The monoisotopic (exact) mass is 1690 g/mol. The van der Waals surface area contributed by atoms with E-state index in [4.69, 9.17) is 28.4 Å². The van der Waals surface area contributed by atoms with E-state index in [1.54, 1.807) is 53.7 Å². The van der Waals surface area contributed by atoms with Crippen molar-refractivity contribution < 1.29 is 110 Å². The van der Waals surface area contributed by atoms with Crippen LogP contribution in [0.4, 0.5) is 26.3 Å². The molecule has 8 aliphatic rings. The largest absolute Gasteiger partial charge is 0.491 e. The van der Waals surface area contributed by atoms with Gasteiger partial charge in [0.1, 0.15) is 12.2 Å². The molecule has 2 N–H and O–H groups in total. The number of rotatable bonds is 22. The number of alkyl halides is 4. The number of sulfonamides is 2. The zero-order valence-electron chi connectivity index (χ0n) is 69.6. The van der Waals surface area contributed by atoms with E-state index in [0.29, 0.717) is 99.6 Å². The number of ketones is 2. The van der Waals surface area contributed by atoms with Gasteiger partial charge in [0.15, 0.2) is 45.9 Å². The summed E-state index contributed by atoms with van der Waals surface area (Å²) < 4.78 is 177. The van der Waals surface area contributed by atoms with Crippen molar-refractivity contribution in [3.63, 3.8) is 0 Å². The van der Waals surface area contributed by atoms with Crippen LogP contribution in [-0.4, -0.2) is 167 Å². The molecule has 4 amide bonds. The van der Waals surface area contributed by atoms with Gasteiger partial charge < -0.3 is 38.2 Å². The predicted octanol–water partition coefficient (Wildman–Crippen LogP) is 14.2. The van der Waals surface area contributed by atoms with Crippen LogP contribution in [-0.2, 0) is 67.9 Å². The number of hydrogen-bond donors (Lipinski definition) is 2. The molecule has 6 fully saturated rings. The lowest BCUT2D eigenvalue weighted by molar-refractivity contribution is -0.197. The number of nitrogens with zero attached hydrogens (tertiary/aromatic N) is 4. The number of carbonyl (C=O) groups is 8. The van der Waals surface area contributed by atoms with Gasteiger partial charge in [0, 0.05) is 62.7 Å². The first-order valence-electron chi connectivity index (χ1n) is 41.1. The van der Waals surface area contributed by atoms with Crippen molar-refractivity contribution in [1.82, 2.24) is 29.2 Å². The Morgan fingerprint density at radius 3 is 1.24 bits per heavy atom. The summed E-state index contributed by atoms with van der Waals surface area (Å²) in [6, 6.07) is 6.47. The quantitative estimate of drug-likeness (QED) is 0.0419. The Morgan fingerprint density at radius 2 is 0.907 bits per heavy atom. The van der Waals surface area contributed by atoms with Gasteiger partial charge >= 0.3 is 11.9 Å². The Labute approximate surface area is 686 Å². The van der Waals surface area contributed by atoms with Crippen molar-refractivity contribution in [3.05, 3.63) is 84.7 Å². The Kier molecular flexibility index (Phi) is 26.2. The number of carbonyl (C=O) groups excluding carboxylic acids is 8. The van der Waals surface area contributed by atoms with Crippen molar-refractivity contribution in [1.29, 1.82) is 0 Å². The topological polar surface area (TPSA) is 317 Å². The maximum atomic E-state index is 15.1. The van der Waals surface area contributed by atoms with Crippen LogP contribution in [0, 0.1) is 69.8 Å². The molecule has 2 aromatic carbocycles. The van der Waals surface area contributed by atoms with Gasteiger partial charge in [0.2, 0.25) is 55.4 Å². The number of hydrogen-bond acceptors (Lipinski definition) is 20. The molecular formula is C86H112F6N6O18S2. The second-order valence-electron chi connectivity index (χ2n) is 36.1. The maximum absolute atomic E-state index is 15.1. The molecule has 14 atom stereocenters. The van der Waals surface area contributed by atoms with Crippen molar-refractivity contribution in [2.24, 2.45) is 58.2 Å². The molecule has 12 rings (SSSR count). The molecule has 32 heteroatoms. The summed E-state index contributed by atoms with van der Waals surface area (Å²) in [7, 11) is -8.07. The molecule has 4 aromatic rings. The van der Waals surface area contributed by atoms with Gasteiger partial charge in [-0.05, 0) is 215 Å². The number of halogens is 6. The van der Waals surface area contributed by atoms with Crippen LogP contribution in [0.15, 0.2) is 73.1 Å². The maximum Gasteiger partial charge on any atom is 0.307 e. The van der Waals surface area contributed by atoms with E-state index in [1.165, 1.54) is 46.5 Å². The average molecular weight is 1700 g/mol. The molecule has 4 saturated carbocycles. The second kappa shape index (κ2) is 34.2. The van der Waals surface area contributed by atoms with Crippen molar-refractivity contribution in [2.75, 3.05) is 26.3 Å². The summed E-state index contributed by atoms with van der Waals surface area (Å²) in [5.74, 6) is -17.4. The summed E-state index contributed by atoms with van der Waals surface area (Å²) >= 11 is 0. The summed E-state index contributed by atoms with van der Waals surface area (Å²) in [5.41, 5.74) is -7.11. The van der Waals surface area contributed by atoms with Gasteiger partial charge in [-0.15, -0.1) is 0 Å². The summed E-state index contributed by atoms with van der Waals surface area (Å²) in [6.07, 6.45) is 12.5. The highest BCUT2D eigenvalue weighted by Gasteiger charge is 2.65. The Morgan fingerprint density at radius 1 is 0.551 bits per heavy atom. The van der Waals surface area contributed by atoms with E-state index in [2.05, 4.69) is 19.4 Å². The lowest BCUT2D eigenvalue weighted by Gasteiger charge is -2.34. The minimum atomic E-state index is -4.03. The van der Waals surface area contributed by atoms with Gasteiger partial charge in [-0.1, -0.05) is 52.0 Å². The lowest BCUT2D eigenvalue weighted by Crippen LogP contribution is -2.49. The molecule has 4 aliphatic carbocycles. The van der Waals surface area contributed by atoms with Crippen molar-refractivity contribution in [3.8, 4) is 23.3 Å². The molecule has 0 radical (unpaired) electrons. The third-order valence-electron chi connectivity index (χ3n) is 25.9. The second-order valence-corrected chi connectivity index (χ2v) is 40.5. The van der Waals surface area contributed by atoms with E-state index >= 15 is 8.78 Å². The van der Waals surface area contributed by atoms with E-state index in [-0.39, 0.29) is 99.9 Å². The third kappa shape index (κ3) is 19.6. The molecule has 0 spiro atoms. The average Bonchev–Trinajstić information content (AvgIpc) is 1.56. The zero-order valence-corrected chi connectivity index (χ0v) is 71.3. The van der Waals surface area contributed by atoms with Gasteiger partial charge in [-0.3, -0.25) is 47.8 Å². The van der Waals surface area contributed by atoms with Crippen LogP contribution < -0.4 is 28.4 Å². The van der Waals surface area contributed by atoms with E-state index in [1.807, 2.05) is 38.2 Å². The number of amides is 4. The summed E-state index contributed by atoms with van der Waals surface area (Å²) in [4.78, 5) is 125. The Hall–Kier alpha value is -8.42. The van der Waals surface area contributed by atoms with Gasteiger partial charge in [-0.25, -0.2) is 53.1 Å². The number of allylic oxidation sites excluding steroid dienone is 4. The van der Waals surface area contributed by atoms with E-state index in [9.17, 15) is 72.8 Å². The highest BCUT2D eigenvalue weighted by molar-refractivity contribution is 7.92. The fraction of sp³-hybridized carbons (Fsp3) is 0.651. The summed E-state index contributed by atoms with van der Waals surface area (Å²) in [6.45, 7) is 20.0. The van der Waals surface area contributed by atoms with Crippen molar-refractivity contribution >= 4 is 88.7 Å². The smallest absolute Gasteiger partial charge is 0.307 e. The Bertz CT molecular complexity index is 4530. The van der Waals surface area contributed by atoms with Crippen LogP contribution >= 0.6 is 0 Å². The molecule has 2 saturated heterocycles. The number of benzene rings is 2. The molecule has 0 unspecified atom stereocenters. The van der Waals surface area contributed by atoms with Crippen LogP contribution in [0.2, 0.25) is 0 Å². The van der Waals surface area contributed by atoms with Gasteiger partial charge in [0.05, 0.1) is 83.4 Å². The number of pyridine rings is 2. The fourth-order valence-corrected chi connectivity index (χ4v) is 19.4. The standard InChI is InChI=1S/2C43H56F3N3O9S/c2*1-8-56-35-18-27-13-16-47-37(31(27)20-32(35)44)57-29-19-33-34(50)23-43(39(53)48-59(54,55)41(6)14-15-41)22-28(43)12-10-9-11-25(2)17-26(3)30(38(52)49(33)24-29)21-36(51)58-40(4,5)42(7,45)46/h2*10,12-13,16,18,20,25-26,28-30,33H,8-9,11,14-15,17,19,21-24H2,1-7H3,(H,48,53)/b2*12-10-/t25-,26+,28+,29+,30-,33-,43+;25-,26-,28-,29-,30+,33+,43-/m01/s1. The molecule has 6 heterocycles. The molecule has 118 heavy (non-hydrogen) atoms. The minimum absolute atomic E-state index is 0.0455. The van der Waals surface area contributed by atoms with Gasteiger partial charge in [0.25, 0.3) is 11.8 Å². The first-order valence-corrected chi connectivity index (χ1v) is 44.1. The molecule has 24 nitrogen and oxygen atoms in total. The van der Waals surface area contributed by atoms with Crippen LogP contribution in [0.5, 0.6) is 23.3 Å². The first-order chi connectivity index (χ1) is 55.0. The van der Waals surface area contributed by atoms with Crippen molar-refractivity contribution in [2.45, 2.75) is 269 Å². The molecule has 0 bridgehead atoms. The van der Waals surface area contributed by atoms with E-state index < -0.39 is 195 Å². The third-order valence-corrected chi connectivity index (χ3v) is 30.3. The normalized spacial score (nSPS) is 29.4. The first kappa shape index (κ1) is 90.3. The number of nitrogens with one attached hydrogen (secondary N) is 2. The predicted molar refractivity (Wildman–Crippen MR) is 425 cm³/mol.